The summed E-state index contributed by atoms with van der Waals surface area (Å²) in [5.41, 5.74) is 11.4. The predicted octanol–water partition coefficient (Wildman–Crippen LogP) is 12.0. The second kappa shape index (κ2) is 34.0. The summed E-state index contributed by atoms with van der Waals surface area (Å²) in [6, 6.07) is 19.7. The quantitative estimate of drug-likeness (QED) is 0.0780. The largest absolute Gasteiger partial charge is 0.496 e. The van der Waals surface area contributed by atoms with E-state index >= 15 is 4.39 Å². The van der Waals surface area contributed by atoms with Crippen molar-refractivity contribution in [2.75, 3.05) is 49.5 Å². The molecular weight excluding hydrogens is 1680 g/mol. The molecule has 36 nitrogen and oxygen atoms in total. The van der Waals surface area contributed by atoms with Crippen LogP contribution in [0.1, 0.15) is 19.4 Å². The number of aromatic amines is 1. The van der Waals surface area contributed by atoms with Gasteiger partial charge in [0, 0.05) is 171 Å². The molecule has 0 saturated heterocycles. The average molecular weight is 1750 g/mol. The highest BCUT2D eigenvalue weighted by Gasteiger charge is 2.29. The normalized spacial score (nSPS) is 11.4. The number of nitrogens with one attached hydrogen (secondary N) is 1. The molecule has 0 fully saturated rings. The van der Waals surface area contributed by atoms with Crippen LogP contribution in [-0.2, 0) is 55.3 Å². The van der Waals surface area contributed by atoms with Crippen LogP contribution in [0.25, 0.3) is 156 Å². The van der Waals surface area contributed by atoms with E-state index in [0.717, 1.165) is 58.5 Å². The Morgan fingerprint density at radius 1 is 0.403 bits per heavy atom. The van der Waals surface area contributed by atoms with E-state index in [-0.39, 0.29) is 46.1 Å². The molecule has 4 aromatic carbocycles. The molecule has 0 aliphatic rings. The maximum absolute atomic E-state index is 15.0. The first-order chi connectivity index (χ1) is 62.4. The smallest absolute Gasteiger partial charge is 0.334 e. The molecule has 0 aliphatic carbocycles. The number of methoxy groups -OCH3 is 6. The summed E-state index contributed by atoms with van der Waals surface area (Å²) in [4.78, 5) is 88.5. The highest BCUT2D eigenvalue weighted by Crippen LogP contribution is 2.42. The number of benzene rings is 4. The fraction of sp³-hybridized carbons (Fsp3) is 0.193. The first-order valence-corrected chi connectivity index (χ1v) is 39.4. The van der Waals surface area contributed by atoms with Gasteiger partial charge in [-0.1, -0.05) is 6.92 Å². The zero-order chi connectivity index (χ0) is 90.8. The van der Waals surface area contributed by atoms with Crippen LogP contribution in [0.2, 0.25) is 0 Å². The number of hydrogen-bond donors (Lipinski definition) is 1. The van der Waals surface area contributed by atoms with Crippen LogP contribution in [0.15, 0.2) is 185 Å². The summed E-state index contributed by atoms with van der Waals surface area (Å²) in [5, 5.41) is 26.6. The SMILES string of the molecule is CCc1cncc(F)c1-n1c(=O)n(C)c2cnc3cc(OC)c(-c4cnn(C)n4)cc3c21.CCn1cc(-c2cc3c(cc2OC)ncc2c3n(-c3ncc(OC)cc3F)c(=O)n2C)cn1.COc1cc2ncc3c(c2cc1-c1cnn(C)c1)n(-c1ncc(OCF)cc1F)c(=O)n3C.COc1cnc(-n2c(=O)n(C)c3cnc4cc(OC)c(-c5ccn[nH]5)cc4c32)c(F)c1. The number of hydrogen-bond acceptors (Lipinski definition) is 24. The number of aryl methyl sites for hydroxylation is 8. The van der Waals surface area contributed by atoms with E-state index in [0.29, 0.717) is 134 Å². The zero-order valence-corrected chi connectivity index (χ0v) is 71.3. The third-order valence-corrected chi connectivity index (χ3v) is 22.0. The Morgan fingerprint density at radius 3 is 1.20 bits per heavy atom. The van der Waals surface area contributed by atoms with E-state index < -0.39 is 47.2 Å². The van der Waals surface area contributed by atoms with Gasteiger partial charge < -0.3 is 33.2 Å². The van der Waals surface area contributed by atoms with Crippen molar-refractivity contribution in [3.63, 3.8) is 0 Å². The lowest BCUT2D eigenvalue weighted by molar-refractivity contribution is 0.190. The third kappa shape index (κ3) is 14.6. The molecule has 129 heavy (non-hydrogen) atoms. The first-order valence-electron chi connectivity index (χ1n) is 39.4. The summed E-state index contributed by atoms with van der Waals surface area (Å²) < 4.78 is 124. The van der Waals surface area contributed by atoms with Gasteiger partial charge in [-0.25, -0.2) is 69.8 Å². The number of H-pyrrole nitrogens is 1. The van der Waals surface area contributed by atoms with Crippen molar-refractivity contribution < 1.29 is 55.1 Å². The highest BCUT2D eigenvalue weighted by atomic mass is 19.1. The molecule has 20 aromatic rings. The van der Waals surface area contributed by atoms with Crippen LogP contribution in [-0.4, -0.2) is 171 Å². The van der Waals surface area contributed by atoms with Gasteiger partial charge in [-0.15, -0.1) is 0 Å². The molecule has 1 N–H and O–H groups in total. The van der Waals surface area contributed by atoms with Gasteiger partial charge in [0.05, 0.1) is 188 Å². The minimum atomic E-state index is -1.12. The average Bonchev–Trinajstić information content (AvgIpc) is 1.50. The molecule has 41 heteroatoms. The Bertz CT molecular complexity index is 8120. The zero-order valence-electron chi connectivity index (χ0n) is 71.3. The molecule has 16 aromatic heterocycles. The molecule has 0 aliphatic heterocycles. The number of nitrogens with zero attached hydrogens (tertiary/aromatic N) is 24. The second-order valence-electron chi connectivity index (χ2n) is 29.2. The second-order valence-corrected chi connectivity index (χ2v) is 29.2. The van der Waals surface area contributed by atoms with Crippen molar-refractivity contribution in [3.8, 4) is 108 Å². The minimum absolute atomic E-state index is 0.0813. The maximum atomic E-state index is 15.0. The monoisotopic (exact) mass is 1750 g/mol. The molecular formula is C88H76F5N25O11. The molecule has 20 rings (SSSR count). The fourth-order valence-electron chi connectivity index (χ4n) is 15.6. The molecule has 0 spiro atoms. The molecule has 0 saturated carbocycles. The van der Waals surface area contributed by atoms with E-state index in [9.17, 15) is 36.7 Å². The Kier molecular flexibility index (Phi) is 22.3. The third-order valence-electron chi connectivity index (χ3n) is 22.0. The Balaban J connectivity index is 0.000000121. The van der Waals surface area contributed by atoms with Gasteiger partial charge >= 0.3 is 22.8 Å². The molecule has 0 bridgehead atoms. The van der Waals surface area contributed by atoms with Crippen molar-refractivity contribution in [1.82, 2.24) is 121 Å². The number of rotatable bonds is 18. The Labute approximate surface area is 724 Å². The van der Waals surface area contributed by atoms with E-state index in [1.54, 1.807) is 155 Å². The molecule has 654 valence electrons. The van der Waals surface area contributed by atoms with Gasteiger partial charge in [-0.05, 0) is 49.2 Å². The number of fused-ring (bicyclic) bond motifs is 12. The standard InChI is InChI=1S/C23H21FN6O3.C22H18F2N6O3.C22H20FN7O2.C21H17FN6O3/c1-5-29-12-13(9-27-29)15-7-16-18(8-20(15)33-4)25-11-19-21(16)30(23(31)28(19)2)22-17(24)6-14(32-3)10-26-22;1-28-10-12(7-27-28)14-5-15-17(6-19(14)32-3)25-9-18-20(15)30(22(31)29(18)2)21-16(24)4-13(8-26-21)33-11-23;1-5-12-8-24-9-15(23)20(12)30-21-14-6-13(17-10-26-29(3)27-17)19(32-4)7-16(14)25-11-18(21)28(2)22(30)31;1-27-17-10-23-16-8-18(31-3)12(15-4-5-25-26-15)7-13(16)19(17)28(21(27)29)20-14(22)6-11(30-2)9-24-20/h6-12H,5H2,1-4H3;4-10H,11H2,1-3H3;6-11H,5H2,1-4H3;4-10H,1-3H3,(H,25,26). The van der Waals surface area contributed by atoms with Gasteiger partial charge in [0.2, 0.25) is 6.86 Å². The van der Waals surface area contributed by atoms with Gasteiger partial charge in [0.1, 0.15) is 45.9 Å². The summed E-state index contributed by atoms with van der Waals surface area (Å²) in [5.74, 6) is -0.443. The topological polar surface area (TPSA) is 370 Å². The highest BCUT2D eigenvalue weighted by molar-refractivity contribution is 6.09. The first kappa shape index (κ1) is 84.4. The lowest BCUT2D eigenvalue weighted by atomic mass is 10.0. The molecule has 0 radical (unpaired) electrons. The van der Waals surface area contributed by atoms with E-state index in [1.807, 2.05) is 55.2 Å². The summed E-state index contributed by atoms with van der Waals surface area (Å²) in [7, 11) is 19.1. The van der Waals surface area contributed by atoms with Gasteiger partial charge in [-0.3, -0.25) is 62.2 Å². The number of aromatic nitrogens is 25. The molecule has 0 amide bonds. The Morgan fingerprint density at radius 2 is 0.814 bits per heavy atom. The summed E-state index contributed by atoms with van der Waals surface area (Å²) >= 11 is 0. The minimum Gasteiger partial charge on any atom is -0.496 e. The van der Waals surface area contributed by atoms with Crippen molar-refractivity contribution in [2.45, 2.75) is 26.8 Å². The maximum Gasteiger partial charge on any atom is 0.334 e. The van der Waals surface area contributed by atoms with Crippen LogP contribution in [0.3, 0.4) is 0 Å². The van der Waals surface area contributed by atoms with E-state index in [1.165, 1.54) is 86.3 Å². The number of alkyl halides is 1. The predicted molar refractivity (Wildman–Crippen MR) is 468 cm³/mol. The van der Waals surface area contributed by atoms with Crippen molar-refractivity contribution in [3.05, 3.63) is 237 Å². The van der Waals surface area contributed by atoms with E-state index in [2.05, 4.69) is 75.2 Å². The van der Waals surface area contributed by atoms with Crippen molar-refractivity contribution in [2.24, 2.45) is 42.3 Å². The number of ether oxygens (including phenoxy) is 7. The molecule has 0 atom stereocenters. The van der Waals surface area contributed by atoms with Crippen LogP contribution in [0.4, 0.5) is 22.0 Å². The van der Waals surface area contributed by atoms with E-state index in [4.69, 9.17) is 28.4 Å². The van der Waals surface area contributed by atoms with Crippen LogP contribution >= 0.6 is 0 Å². The van der Waals surface area contributed by atoms with Crippen LogP contribution in [0.5, 0.6) is 40.2 Å². The number of pyridine rings is 8. The molecule has 16 heterocycles. The Hall–Kier alpha value is -16.8. The summed E-state index contributed by atoms with van der Waals surface area (Å²) in [6.45, 7) is 3.50. The summed E-state index contributed by atoms with van der Waals surface area (Å²) in [6.07, 6.45) is 23.9. The van der Waals surface area contributed by atoms with Gasteiger partial charge in [0.15, 0.2) is 40.7 Å². The number of halogens is 5. The van der Waals surface area contributed by atoms with Gasteiger partial charge in [-0.2, -0.15) is 30.3 Å². The molecule has 0 unspecified atom stereocenters. The van der Waals surface area contributed by atoms with Crippen molar-refractivity contribution >= 4 is 87.7 Å². The number of imidazole rings is 4. The lowest BCUT2D eigenvalue weighted by Gasteiger charge is -2.12. The van der Waals surface area contributed by atoms with Crippen molar-refractivity contribution in [1.29, 1.82) is 0 Å². The van der Waals surface area contributed by atoms with Crippen LogP contribution < -0.4 is 55.9 Å². The lowest BCUT2D eigenvalue weighted by Crippen LogP contribution is -2.22. The fourth-order valence-corrected chi connectivity index (χ4v) is 15.6. The van der Waals surface area contributed by atoms with Gasteiger partial charge in [0.25, 0.3) is 0 Å². The van der Waals surface area contributed by atoms with Crippen LogP contribution in [0, 0.1) is 23.3 Å².